The molecule has 0 saturated heterocycles. The minimum Gasteiger partial charge on any atom is -0.464 e. The van der Waals surface area contributed by atoms with Gasteiger partial charge in [0.2, 0.25) is 0 Å². The van der Waals surface area contributed by atoms with E-state index in [-0.39, 0.29) is 24.7 Å². The van der Waals surface area contributed by atoms with Crippen LogP contribution in [0, 0.1) is 0 Å². The average Bonchev–Trinajstić information content (AvgIpc) is 2.59. The number of rotatable bonds is 8. The van der Waals surface area contributed by atoms with Crippen molar-refractivity contribution < 1.29 is 14.6 Å². The fourth-order valence-corrected chi connectivity index (χ4v) is 2.63. The topological polar surface area (TPSA) is 58.6 Å². The molecule has 0 saturated carbocycles. The Kier molecular flexibility index (Phi) is 6.97. The summed E-state index contributed by atoms with van der Waals surface area (Å²) in [5.41, 5.74) is 2.17. The maximum atomic E-state index is 11.2. The third kappa shape index (κ3) is 5.80. The maximum absolute atomic E-state index is 11.2. The highest BCUT2D eigenvalue weighted by Gasteiger charge is 2.23. The quantitative estimate of drug-likeness (QED) is 0.732. The molecule has 0 aromatic heterocycles. The molecule has 4 nitrogen and oxygen atoms in total. The van der Waals surface area contributed by atoms with E-state index in [9.17, 15) is 9.90 Å². The van der Waals surface area contributed by atoms with Crippen molar-refractivity contribution in [1.29, 1.82) is 0 Å². The number of benzene rings is 2. The van der Waals surface area contributed by atoms with Gasteiger partial charge in [0.1, 0.15) is 6.61 Å². The van der Waals surface area contributed by atoms with E-state index in [1.165, 1.54) is 6.92 Å². The van der Waals surface area contributed by atoms with Crippen LogP contribution in [-0.2, 0) is 16.0 Å². The molecule has 0 aliphatic carbocycles. The Morgan fingerprint density at radius 3 is 2.25 bits per heavy atom. The number of aliphatic hydroxyl groups excluding tert-OH is 1. The highest BCUT2D eigenvalue weighted by atomic mass is 16.5. The fraction of sp³-hybridized carbons (Fsp3) is 0.350. The van der Waals surface area contributed by atoms with E-state index in [0.717, 1.165) is 11.1 Å². The second-order valence-electron chi connectivity index (χ2n) is 5.97. The Morgan fingerprint density at radius 2 is 1.67 bits per heavy atom. The van der Waals surface area contributed by atoms with E-state index in [0.29, 0.717) is 6.42 Å². The van der Waals surface area contributed by atoms with Crippen molar-refractivity contribution in [2.24, 2.45) is 0 Å². The first-order valence-corrected chi connectivity index (χ1v) is 8.22. The molecule has 2 rings (SSSR count). The van der Waals surface area contributed by atoms with Gasteiger partial charge in [-0.05, 0) is 18.1 Å². The summed E-state index contributed by atoms with van der Waals surface area (Å²) in [6.45, 7) is 3.55. The molecule has 3 atom stereocenters. The number of carbonyl (C=O) groups is 1. The second-order valence-corrected chi connectivity index (χ2v) is 5.97. The van der Waals surface area contributed by atoms with Crippen LogP contribution in [0.15, 0.2) is 60.7 Å². The van der Waals surface area contributed by atoms with E-state index < -0.39 is 6.10 Å². The molecule has 4 heteroatoms. The number of hydrogen-bond acceptors (Lipinski definition) is 4. The summed E-state index contributed by atoms with van der Waals surface area (Å²) in [7, 11) is 0. The number of nitrogens with one attached hydrogen (secondary N) is 1. The Hall–Kier alpha value is -2.17. The lowest BCUT2D eigenvalue weighted by Gasteiger charge is -2.27. The van der Waals surface area contributed by atoms with Gasteiger partial charge in [-0.25, -0.2) is 0 Å². The van der Waals surface area contributed by atoms with Crippen LogP contribution >= 0.6 is 0 Å². The van der Waals surface area contributed by atoms with Crippen molar-refractivity contribution in [3.05, 3.63) is 71.8 Å². The summed E-state index contributed by atoms with van der Waals surface area (Å²) in [6, 6.07) is 19.5. The maximum Gasteiger partial charge on any atom is 0.302 e. The largest absolute Gasteiger partial charge is 0.464 e. The molecule has 0 aliphatic rings. The molecule has 0 bridgehead atoms. The van der Waals surface area contributed by atoms with Gasteiger partial charge in [-0.1, -0.05) is 60.7 Å². The highest BCUT2D eigenvalue weighted by Crippen LogP contribution is 2.15. The van der Waals surface area contributed by atoms with Crippen molar-refractivity contribution in [3.8, 4) is 0 Å². The molecule has 0 fully saturated rings. The van der Waals surface area contributed by atoms with E-state index in [1.807, 2.05) is 67.6 Å². The Bertz CT molecular complexity index is 615. The van der Waals surface area contributed by atoms with Gasteiger partial charge in [0.25, 0.3) is 0 Å². The molecule has 0 amide bonds. The molecule has 24 heavy (non-hydrogen) atoms. The van der Waals surface area contributed by atoms with Gasteiger partial charge in [-0.2, -0.15) is 0 Å². The molecular weight excluding hydrogens is 302 g/mol. The van der Waals surface area contributed by atoms with Gasteiger partial charge in [0, 0.05) is 19.4 Å². The first-order chi connectivity index (χ1) is 11.6. The van der Waals surface area contributed by atoms with E-state index >= 15 is 0 Å². The summed E-state index contributed by atoms with van der Waals surface area (Å²) in [6.07, 6.45) is -0.153. The zero-order valence-electron chi connectivity index (χ0n) is 14.2. The normalized spacial score (nSPS) is 14.6. The molecule has 0 aliphatic heterocycles. The van der Waals surface area contributed by atoms with Crippen LogP contribution < -0.4 is 5.32 Å². The molecule has 2 N–H and O–H groups in total. The highest BCUT2D eigenvalue weighted by molar-refractivity contribution is 5.65. The molecule has 0 heterocycles. The summed E-state index contributed by atoms with van der Waals surface area (Å²) < 4.78 is 5.14. The van der Waals surface area contributed by atoms with Crippen molar-refractivity contribution >= 4 is 5.97 Å². The number of ether oxygens (including phenoxy) is 1. The zero-order valence-corrected chi connectivity index (χ0v) is 14.2. The molecule has 2 aromatic carbocycles. The molecule has 0 radical (unpaired) electrons. The number of aliphatic hydroxyl groups is 1. The van der Waals surface area contributed by atoms with Crippen LogP contribution in [0.3, 0.4) is 0 Å². The summed E-state index contributed by atoms with van der Waals surface area (Å²) in [5, 5.41) is 14.0. The first kappa shape index (κ1) is 18.2. The van der Waals surface area contributed by atoms with Crippen LogP contribution in [-0.4, -0.2) is 29.8 Å². The van der Waals surface area contributed by atoms with Gasteiger partial charge in [-0.3, -0.25) is 4.79 Å². The molecule has 2 aromatic rings. The predicted octanol–water partition coefficient (Wildman–Crippen LogP) is 2.87. The van der Waals surface area contributed by atoms with Gasteiger partial charge >= 0.3 is 5.97 Å². The fourth-order valence-electron chi connectivity index (χ4n) is 2.63. The van der Waals surface area contributed by atoms with Gasteiger partial charge in [0.15, 0.2) is 0 Å². The molecular formula is C20H25NO3. The van der Waals surface area contributed by atoms with Crippen LogP contribution in [0.1, 0.15) is 31.0 Å². The second kappa shape index (κ2) is 9.21. The number of esters is 1. The van der Waals surface area contributed by atoms with E-state index in [4.69, 9.17) is 4.74 Å². The van der Waals surface area contributed by atoms with Crippen molar-refractivity contribution in [2.45, 2.75) is 38.5 Å². The van der Waals surface area contributed by atoms with Gasteiger partial charge in [0.05, 0.1) is 12.1 Å². The number of carbonyl (C=O) groups excluding carboxylic acids is 1. The van der Waals surface area contributed by atoms with Crippen LogP contribution in [0.25, 0.3) is 0 Å². The van der Waals surface area contributed by atoms with Crippen molar-refractivity contribution in [2.75, 3.05) is 6.61 Å². The Balaban J connectivity index is 2.04. The average molecular weight is 327 g/mol. The van der Waals surface area contributed by atoms with Crippen LogP contribution in [0.4, 0.5) is 0 Å². The third-order valence-electron chi connectivity index (χ3n) is 3.98. The molecule has 128 valence electrons. The molecule has 0 spiro atoms. The van der Waals surface area contributed by atoms with E-state index in [2.05, 4.69) is 5.32 Å². The lowest BCUT2D eigenvalue weighted by Crippen LogP contribution is -2.45. The lowest BCUT2D eigenvalue weighted by molar-refractivity contribution is -0.142. The standard InChI is InChI=1S/C20H25NO3/c1-15(18-11-7-4-8-12-18)21-19(14-24-16(2)22)20(23)13-17-9-5-3-6-10-17/h3-12,15,19-21,23H,13-14H2,1-2H3/t15-,19?,20+/m1/s1. The summed E-state index contributed by atoms with van der Waals surface area (Å²) in [5.74, 6) is -0.346. The van der Waals surface area contributed by atoms with Crippen molar-refractivity contribution in [1.82, 2.24) is 5.32 Å². The van der Waals surface area contributed by atoms with Gasteiger partial charge in [-0.15, -0.1) is 0 Å². The first-order valence-electron chi connectivity index (χ1n) is 8.22. The lowest BCUT2D eigenvalue weighted by atomic mass is 10.0. The van der Waals surface area contributed by atoms with Crippen LogP contribution in [0.5, 0.6) is 0 Å². The smallest absolute Gasteiger partial charge is 0.302 e. The van der Waals surface area contributed by atoms with Crippen LogP contribution in [0.2, 0.25) is 0 Å². The summed E-state index contributed by atoms with van der Waals surface area (Å²) in [4.78, 5) is 11.2. The summed E-state index contributed by atoms with van der Waals surface area (Å²) >= 11 is 0. The SMILES string of the molecule is CC(=O)OCC(N[C@H](C)c1ccccc1)[C@@H](O)Cc1ccccc1. The molecule has 1 unspecified atom stereocenters. The monoisotopic (exact) mass is 327 g/mol. The minimum atomic E-state index is -0.655. The predicted molar refractivity (Wildman–Crippen MR) is 94.6 cm³/mol. The van der Waals surface area contributed by atoms with Crippen molar-refractivity contribution in [3.63, 3.8) is 0 Å². The third-order valence-corrected chi connectivity index (χ3v) is 3.98. The zero-order chi connectivity index (χ0) is 17.4. The minimum absolute atomic E-state index is 0.0391. The Labute approximate surface area is 143 Å². The van der Waals surface area contributed by atoms with E-state index in [1.54, 1.807) is 0 Å². The number of hydrogen-bond donors (Lipinski definition) is 2. The Morgan fingerprint density at radius 1 is 1.08 bits per heavy atom. The van der Waals surface area contributed by atoms with Gasteiger partial charge < -0.3 is 15.2 Å².